The molecule has 0 aliphatic carbocycles. The molecule has 5 heteroatoms. The molecule has 0 aliphatic rings. The summed E-state index contributed by atoms with van der Waals surface area (Å²) < 4.78 is 2.02. The Balaban J connectivity index is 2.20. The number of imidazole rings is 1. The lowest BCUT2D eigenvalue weighted by Gasteiger charge is -2.17. The van der Waals surface area contributed by atoms with Gasteiger partial charge in [0.25, 0.3) is 0 Å². The maximum absolute atomic E-state index is 6.14. The van der Waals surface area contributed by atoms with E-state index in [1.165, 1.54) is 0 Å². The molecule has 5 nitrogen and oxygen atoms in total. The molecule has 2 heterocycles. The third-order valence-corrected chi connectivity index (χ3v) is 2.76. The van der Waals surface area contributed by atoms with Crippen LogP contribution in [0.5, 0.6) is 0 Å². The molecule has 2 aromatic rings. The minimum Gasteiger partial charge on any atom is -0.327 e. The molecule has 0 spiro atoms. The number of hydrogen-bond donors (Lipinski definition) is 1. The quantitative estimate of drug-likeness (QED) is 0.863. The molecule has 0 aromatic carbocycles. The van der Waals surface area contributed by atoms with E-state index in [1.54, 1.807) is 12.5 Å². The summed E-state index contributed by atoms with van der Waals surface area (Å²) in [6.07, 6.45) is 5.27. The Labute approximate surface area is 101 Å². The molecule has 1 unspecified atom stereocenters. The van der Waals surface area contributed by atoms with Crippen LogP contribution in [0.2, 0.25) is 0 Å². The van der Waals surface area contributed by atoms with Crippen molar-refractivity contribution in [3.8, 4) is 0 Å². The van der Waals surface area contributed by atoms with Gasteiger partial charge in [-0.25, -0.2) is 4.98 Å². The van der Waals surface area contributed by atoms with Crippen LogP contribution in [0.15, 0.2) is 30.9 Å². The van der Waals surface area contributed by atoms with Crippen LogP contribution < -0.4 is 5.73 Å². The van der Waals surface area contributed by atoms with Crippen molar-refractivity contribution >= 4 is 0 Å². The van der Waals surface area contributed by atoms with E-state index in [0.717, 1.165) is 11.4 Å². The first-order chi connectivity index (χ1) is 8.18. The van der Waals surface area contributed by atoms with E-state index in [9.17, 15) is 0 Å². The van der Waals surface area contributed by atoms with Gasteiger partial charge in [-0.15, -0.1) is 0 Å². The van der Waals surface area contributed by atoms with Gasteiger partial charge in [0.15, 0.2) is 0 Å². The Morgan fingerprint density at radius 3 is 2.88 bits per heavy atom. The lowest BCUT2D eigenvalue weighted by Crippen LogP contribution is -2.20. The number of hydrogen-bond acceptors (Lipinski definition) is 4. The van der Waals surface area contributed by atoms with Crippen molar-refractivity contribution in [2.24, 2.45) is 11.7 Å². The highest BCUT2D eigenvalue weighted by Gasteiger charge is 2.15. The molecule has 17 heavy (non-hydrogen) atoms. The van der Waals surface area contributed by atoms with Crippen LogP contribution in [0, 0.1) is 5.92 Å². The Hall–Kier alpha value is -1.75. The molecule has 0 saturated heterocycles. The summed E-state index contributed by atoms with van der Waals surface area (Å²) in [5.74, 6) is 0.382. The molecule has 1 atom stereocenters. The molecular formula is C12H17N5. The van der Waals surface area contributed by atoms with E-state index in [4.69, 9.17) is 5.73 Å². The van der Waals surface area contributed by atoms with Gasteiger partial charge in [0.1, 0.15) is 0 Å². The number of nitrogens with zero attached hydrogens (tertiary/aromatic N) is 4. The fraction of sp³-hybridized carbons (Fsp3) is 0.417. The average Bonchev–Trinajstić information content (AvgIpc) is 2.77. The molecule has 0 bridgehead atoms. The Morgan fingerprint density at radius 1 is 1.41 bits per heavy atom. The highest BCUT2D eigenvalue weighted by Crippen LogP contribution is 2.18. The average molecular weight is 231 g/mol. The largest absolute Gasteiger partial charge is 0.327 e. The molecule has 2 aromatic heterocycles. The van der Waals surface area contributed by atoms with Crippen LogP contribution in [0.4, 0.5) is 0 Å². The molecule has 0 aliphatic heterocycles. The van der Waals surface area contributed by atoms with E-state index in [1.807, 2.05) is 22.9 Å². The zero-order chi connectivity index (χ0) is 12.3. The van der Waals surface area contributed by atoms with Crippen molar-refractivity contribution < 1.29 is 0 Å². The molecule has 2 rings (SSSR count). The lowest BCUT2D eigenvalue weighted by atomic mass is 10.0. The van der Waals surface area contributed by atoms with Crippen LogP contribution in [-0.4, -0.2) is 19.7 Å². The summed E-state index contributed by atoms with van der Waals surface area (Å²) in [7, 11) is 0. The van der Waals surface area contributed by atoms with E-state index < -0.39 is 0 Å². The molecule has 0 saturated carbocycles. The van der Waals surface area contributed by atoms with Gasteiger partial charge < -0.3 is 10.3 Å². The number of rotatable bonds is 4. The maximum atomic E-state index is 6.14. The molecule has 2 N–H and O–H groups in total. The number of aromatic nitrogens is 4. The predicted molar refractivity (Wildman–Crippen MR) is 65.1 cm³/mol. The van der Waals surface area contributed by atoms with Crippen LogP contribution in [0.1, 0.15) is 31.3 Å². The summed E-state index contributed by atoms with van der Waals surface area (Å²) in [6, 6.07) is 3.81. The zero-order valence-corrected chi connectivity index (χ0v) is 10.1. The number of nitrogens with two attached hydrogens (primary N) is 1. The van der Waals surface area contributed by atoms with Crippen LogP contribution in [-0.2, 0) is 6.54 Å². The first-order valence-electron chi connectivity index (χ1n) is 5.70. The first-order valence-corrected chi connectivity index (χ1v) is 5.70. The van der Waals surface area contributed by atoms with Gasteiger partial charge in [-0.3, -0.25) is 0 Å². The first kappa shape index (κ1) is 11.7. The summed E-state index contributed by atoms with van der Waals surface area (Å²) in [5.41, 5.74) is 8.08. The summed E-state index contributed by atoms with van der Waals surface area (Å²) in [6.45, 7) is 4.86. The smallest absolute Gasteiger partial charge is 0.0952 e. The van der Waals surface area contributed by atoms with Crippen LogP contribution in [0.25, 0.3) is 0 Å². The highest BCUT2D eigenvalue weighted by molar-refractivity contribution is 5.09. The lowest BCUT2D eigenvalue weighted by molar-refractivity contribution is 0.483. The van der Waals surface area contributed by atoms with Crippen molar-refractivity contribution in [3.05, 3.63) is 42.2 Å². The van der Waals surface area contributed by atoms with Crippen LogP contribution >= 0.6 is 0 Å². The van der Waals surface area contributed by atoms with E-state index in [2.05, 4.69) is 29.0 Å². The highest BCUT2D eigenvalue weighted by atomic mass is 15.1. The second-order valence-electron chi connectivity index (χ2n) is 4.43. The second-order valence-corrected chi connectivity index (χ2v) is 4.43. The maximum Gasteiger partial charge on any atom is 0.0952 e. The van der Waals surface area contributed by atoms with Crippen molar-refractivity contribution in [1.82, 2.24) is 19.7 Å². The Morgan fingerprint density at radius 2 is 2.24 bits per heavy atom. The molecule has 0 fully saturated rings. The normalized spacial score (nSPS) is 12.9. The van der Waals surface area contributed by atoms with Gasteiger partial charge in [-0.1, -0.05) is 13.8 Å². The fourth-order valence-electron chi connectivity index (χ4n) is 1.67. The molecule has 0 radical (unpaired) electrons. The van der Waals surface area contributed by atoms with Crippen molar-refractivity contribution in [1.29, 1.82) is 0 Å². The van der Waals surface area contributed by atoms with Crippen molar-refractivity contribution in [2.75, 3.05) is 0 Å². The van der Waals surface area contributed by atoms with Gasteiger partial charge in [0.05, 0.1) is 24.3 Å². The fourth-order valence-corrected chi connectivity index (χ4v) is 1.67. The van der Waals surface area contributed by atoms with Gasteiger partial charge in [-0.2, -0.15) is 10.2 Å². The zero-order valence-electron chi connectivity index (χ0n) is 10.1. The Kier molecular flexibility index (Phi) is 3.49. The van der Waals surface area contributed by atoms with Gasteiger partial charge in [0, 0.05) is 18.4 Å². The molecule has 0 amide bonds. The van der Waals surface area contributed by atoms with Crippen molar-refractivity contribution in [3.63, 3.8) is 0 Å². The van der Waals surface area contributed by atoms with Crippen molar-refractivity contribution in [2.45, 2.75) is 26.4 Å². The van der Waals surface area contributed by atoms with Crippen LogP contribution in [0.3, 0.4) is 0 Å². The Bertz CT molecular complexity index is 463. The monoisotopic (exact) mass is 231 g/mol. The minimum absolute atomic E-state index is 0.00540. The van der Waals surface area contributed by atoms with Gasteiger partial charge in [0.2, 0.25) is 0 Å². The molecule has 90 valence electrons. The van der Waals surface area contributed by atoms with Gasteiger partial charge in [-0.05, 0) is 18.1 Å². The SMILES string of the molecule is CC(C)C(N)c1cncn1Cc1cccnn1. The summed E-state index contributed by atoms with van der Waals surface area (Å²) in [4.78, 5) is 4.16. The predicted octanol–water partition coefficient (Wildman–Crippen LogP) is 1.38. The minimum atomic E-state index is -0.00540. The third-order valence-electron chi connectivity index (χ3n) is 2.76. The standard InChI is InChI=1S/C12H17N5/c1-9(2)12(13)11-6-14-8-17(11)7-10-4-3-5-15-16-10/h3-6,8-9,12H,7,13H2,1-2H3. The molecular weight excluding hydrogens is 214 g/mol. The second kappa shape index (κ2) is 5.05. The summed E-state index contributed by atoms with van der Waals surface area (Å²) >= 11 is 0. The topological polar surface area (TPSA) is 69.6 Å². The van der Waals surface area contributed by atoms with Gasteiger partial charge >= 0.3 is 0 Å². The third kappa shape index (κ3) is 2.68. The van der Waals surface area contributed by atoms with E-state index in [-0.39, 0.29) is 6.04 Å². The van der Waals surface area contributed by atoms with E-state index in [0.29, 0.717) is 12.5 Å². The van der Waals surface area contributed by atoms with E-state index >= 15 is 0 Å². The summed E-state index contributed by atoms with van der Waals surface area (Å²) in [5, 5.41) is 7.92.